The first-order valence-corrected chi connectivity index (χ1v) is 7.38. The van der Waals surface area contributed by atoms with E-state index in [-0.39, 0.29) is 0 Å². The zero-order chi connectivity index (χ0) is 14.8. The zero-order valence-corrected chi connectivity index (χ0v) is 12.5. The van der Waals surface area contributed by atoms with Gasteiger partial charge >= 0.3 is 0 Å². The molecule has 0 amide bonds. The Morgan fingerprint density at radius 3 is 2.62 bits per heavy atom. The van der Waals surface area contributed by atoms with E-state index in [4.69, 9.17) is 9.47 Å². The molecular weight excluding hydrogens is 262 g/mol. The van der Waals surface area contributed by atoms with Crippen LogP contribution in [0.25, 0.3) is 0 Å². The molecule has 0 spiro atoms. The molecule has 2 aromatic rings. The van der Waals surface area contributed by atoms with Crippen molar-refractivity contribution in [3.8, 4) is 5.75 Å². The van der Waals surface area contributed by atoms with Crippen molar-refractivity contribution in [2.75, 3.05) is 32.2 Å². The van der Waals surface area contributed by atoms with Crippen LogP contribution in [0.3, 0.4) is 0 Å². The molecule has 2 rings (SSSR count). The van der Waals surface area contributed by atoms with E-state index in [0.29, 0.717) is 13.2 Å². The van der Waals surface area contributed by atoms with Crippen molar-refractivity contribution in [3.63, 3.8) is 0 Å². The lowest BCUT2D eigenvalue weighted by atomic mass is 10.1. The van der Waals surface area contributed by atoms with Crippen LogP contribution in [0, 0.1) is 0 Å². The van der Waals surface area contributed by atoms with Crippen molar-refractivity contribution in [1.82, 2.24) is 0 Å². The Labute approximate surface area is 126 Å². The summed E-state index contributed by atoms with van der Waals surface area (Å²) >= 11 is 0. The zero-order valence-electron chi connectivity index (χ0n) is 12.5. The SMILES string of the molecule is COCCOc1cccc(NCCCc2ccccc2)c1. The third kappa shape index (κ3) is 5.88. The van der Waals surface area contributed by atoms with E-state index in [9.17, 15) is 0 Å². The monoisotopic (exact) mass is 285 g/mol. The summed E-state index contributed by atoms with van der Waals surface area (Å²) < 4.78 is 10.6. The Morgan fingerprint density at radius 2 is 1.81 bits per heavy atom. The number of anilines is 1. The molecule has 0 aliphatic heterocycles. The summed E-state index contributed by atoms with van der Waals surface area (Å²) in [5.74, 6) is 0.875. The van der Waals surface area contributed by atoms with Crippen molar-refractivity contribution in [3.05, 3.63) is 60.2 Å². The largest absolute Gasteiger partial charge is 0.491 e. The summed E-state index contributed by atoms with van der Waals surface area (Å²) in [5.41, 5.74) is 2.48. The van der Waals surface area contributed by atoms with E-state index in [1.54, 1.807) is 7.11 Å². The van der Waals surface area contributed by atoms with Crippen molar-refractivity contribution >= 4 is 5.69 Å². The Hall–Kier alpha value is -2.00. The number of nitrogens with one attached hydrogen (secondary N) is 1. The Balaban J connectivity index is 1.71. The van der Waals surface area contributed by atoms with Crippen molar-refractivity contribution in [2.45, 2.75) is 12.8 Å². The third-order valence-corrected chi connectivity index (χ3v) is 3.20. The molecule has 0 heterocycles. The van der Waals surface area contributed by atoms with Crippen LogP contribution in [0.4, 0.5) is 5.69 Å². The standard InChI is InChI=1S/C18H23NO2/c1-20-13-14-21-18-11-5-10-17(15-18)19-12-6-9-16-7-3-2-4-8-16/h2-5,7-8,10-11,15,19H,6,9,12-14H2,1H3. The minimum absolute atomic E-state index is 0.577. The van der Waals surface area contributed by atoms with E-state index in [2.05, 4.69) is 41.7 Å². The van der Waals surface area contributed by atoms with Crippen LogP contribution < -0.4 is 10.1 Å². The van der Waals surface area contributed by atoms with Crippen LogP contribution in [0.1, 0.15) is 12.0 Å². The predicted octanol–water partition coefficient (Wildman–Crippen LogP) is 3.76. The predicted molar refractivity (Wildman–Crippen MR) is 87.1 cm³/mol. The number of rotatable bonds is 9. The highest BCUT2D eigenvalue weighted by molar-refractivity contribution is 5.48. The molecule has 0 aliphatic carbocycles. The number of methoxy groups -OCH3 is 1. The summed E-state index contributed by atoms with van der Waals surface area (Å²) in [6, 6.07) is 18.6. The maximum atomic E-state index is 5.60. The highest BCUT2D eigenvalue weighted by Gasteiger charge is 1.97. The molecule has 0 aromatic heterocycles. The first-order chi connectivity index (χ1) is 10.4. The molecule has 1 N–H and O–H groups in total. The smallest absolute Gasteiger partial charge is 0.121 e. The van der Waals surface area contributed by atoms with E-state index >= 15 is 0 Å². The van der Waals surface area contributed by atoms with Gasteiger partial charge in [-0.2, -0.15) is 0 Å². The molecule has 0 bridgehead atoms. The fraction of sp³-hybridized carbons (Fsp3) is 0.333. The number of aryl methyl sites for hydroxylation is 1. The van der Waals surface area contributed by atoms with Crippen molar-refractivity contribution in [1.29, 1.82) is 0 Å². The van der Waals surface area contributed by atoms with Crippen LogP contribution >= 0.6 is 0 Å². The van der Waals surface area contributed by atoms with Gasteiger partial charge in [0.1, 0.15) is 12.4 Å². The van der Waals surface area contributed by atoms with Crippen molar-refractivity contribution in [2.24, 2.45) is 0 Å². The Morgan fingerprint density at radius 1 is 0.952 bits per heavy atom. The Bertz CT molecular complexity index is 514. The molecular formula is C18H23NO2. The highest BCUT2D eigenvalue weighted by Crippen LogP contribution is 2.17. The van der Waals surface area contributed by atoms with E-state index in [1.165, 1.54) is 5.56 Å². The van der Waals surface area contributed by atoms with E-state index < -0.39 is 0 Å². The quantitative estimate of drug-likeness (QED) is 0.712. The summed E-state index contributed by atoms with van der Waals surface area (Å²) in [6.45, 7) is 2.14. The summed E-state index contributed by atoms with van der Waals surface area (Å²) in [6.07, 6.45) is 2.21. The number of hydrogen-bond donors (Lipinski definition) is 1. The molecule has 0 saturated heterocycles. The fourth-order valence-electron chi connectivity index (χ4n) is 2.11. The van der Waals surface area contributed by atoms with E-state index in [1.807, 2.05) is 18.2 Å². The van der Waals surface area contributed by atoms with Gasteiger partial charge in [-0.15, -0.1) is 0 Å². The van der Waals surface area contributed by atoms with Crippen LogP contribution in [0.2, 0.25) is 0 Å². The number of ether oxygens (including phenoxy) is 2. The molecule has 3 nitrogen and oxygen atoms in total. The second kappa shape index (κ2) is 9.03. The van der Waals surface area contributed by atoms with Gasteiger partial charge in [-0.05, 0) is 30.5 Å². The van der Waals surface area contributed by atoms with Crippen molar-refractivity contribution < 1.29 is 9.47 Å². The fourth-order valence-corrected chi connectivity index (χ4v) is 2.11. The van der Waals surface area contributed by atoms with Gasteiger partial charge in [-0.1, -0.05) is 36.4 Å². The lowest BCUT2D eigenvalue weighted by Gasteiger charge is -2.09. The average Bonchev–Trinajstić information content (AvgIpc) is 2.53. The van der Waals surface area contributed by atoms with Gasteiger partial charge in [0.05, 0.1) is 6.61 Å². The molecule has 21 heavy (non-hydrogen) atoms. The first kappa shape index (κ1) is 15.4. The number of hydrogen-bond acceptors (Lipinski definition) is 3. The lowest BCUT2D eigenvalue weighted by molar-refractivity contribution is 0.146. The second-order valence-electron chi connectivity index (χ2n) is 4.89. The van der Waals surface area contributed by atoms with Gasteiger partial charge in [-0.3, -0.25) is 0 Å². The maximum absolute atomic E-state index is 5.60. The molecule has 3 heteroatoms. The first-order valence-electron chi connectivity index (χ1n) is 7.38. The van der Waals surface area contributed by atoms with Gasteiger partial charge in [0.2, 0.25) is 0 Å². The second-order valence-corrected chi connectivity index (χ2v) is 4.89. The molecule has 0 fully saturated rings. The summed E-state index contributed by atoms with van der Waals surface area (Å²) in [7, 11) is 1.67. The molecule has 2 aromatic carbocycles. The molecule has 0 atom stereocenters. The molecule has 0 aliphatic rings. The topological polar surface area (TPSA) is 30.5 Å². The molecule has 0 radical (unpaired) electrons. The normalized spacial score (nSPS) is 10.3. The van der Waals surface area contributed by atoms with Gasteiger partial charge in [0, 0.05) is 25.4 Å². The molecule has 0 saturated carbocycles. The van der Waals surface area contributed by atoms with Gasteiger partial charge < -0.3 is 14.8 Å². The van der Waals surface area contributed by atoms with Gasteiger partial charge in [0.25, 0.3) is 0 Å². The molecule has 112 valence electrons. The summed E-state index contributed by atoms with van der Waals surface area (Å²) in [4.78, 5) is 0. The van der Waals surface area contributed by atoms with Crippen LogP contribution in [0.5, 0.6) is 5.75 Å². The lowest BCUT2D eigenvalue weighted by Crippen LogP contribution is -2.05. The average molecular weight is 285 g/mol. The summed E-state index contributed by atoms with van der Waals surface area (Å²) in [5, 5.41) is 3.43. The highest BCUT2D eigenvalue weighted by atomic mass is 16.5. The third-order valence-electron chi connectivity index (χ3n) is 3.20. The van der Waals surface area contributed by atoms with Gasteiger partial charge in [-0.25, -0.2) is 0 Å². The van der Waals surface area contributed by atoms with Crippen LogP contribution in [-0.4, -0.2) is 26.9 Å². The van der Waals surface area contributed by atoms with Crippen LogP contribution in [0.15, 0.2) is 54.6 Å². The minimum atomic E-state index is 0.577. The molecule has 0 unspecified atom stereocenters. The Kier molecular flexibility index (Phi) is 6.62. The maximum Gasteiger partial charge on any atom is 0.121 e. The number of benzene rings is 2. The van der Waals surface area contributed by atoms with Gasteiger partial charge in [0.15, 0.2) is 0 Å². The van der Waals surface area contributed by atoms with E-state index in [0.717, 1.165) is 30.8 Å². The van der Waals surface area contributed by atoms with Crippen LogP contribution in [-0.2, 0) is 11.2 Å². The minimum Gasteiger partial charge on any atom is -0.491 e.